The van der Waals surface area contributed by atoms with E-state index in [-0.39, 0.29) is 29.6 Å². The molecule has 0 bridgehead atoms. The third kappa shape index (κ3) is 6.79. The number of anilines is 1. The highest BCUT2D eigenvalue weighted by Gasteiger charge is 2.34. The molecular weight excluding hydrogens is 497 g/mol. The molecule has 0 aliphatic heterocycles. The summed E-state index contributed by atoms with van der Waals surface area (Å²) in [4.78, 5) is 45.5. The molecule has 1 aliphatic rings. The molecule has 1 heterocycles. The van der Waals surface area contributed by atoms with Gasteiger partial charge in [0.05, 0.1) is 6.54 Å². The zero-order valence-corrected chi connectivity index (χ0v) is 22.2. The summed E-state index contributed by atoms with van der Waals surface area (Å²) in [6.07, 6.45) is 6.63. The number of nitrogens with two attached hydrogens (primary N) is 1. The first kappa shape index (κ1) is 27.8. The average Bonchev–Trinajstić information content (AvgIpc) is 2.95. The van der Waals surface area contributed by atoms with Crippen LogP contribution in [0.2, 0.25) is 0 Å². The Morgan fingerprint density at radius 1 is 1.03 bits per heavy atom. The van der Waals surface area contributed by atoms with Crippen molar-refractivity contribution in [2.24, 2.45) is 11.7 Å². The van der Waals surface area contributed by atoms with Crippen LogP contribution < -0.4 is 16.0 Å². The van der Waals surface area contributed by atoms with Crippen LogP contribution >= 0.6 is 0 Å². The summed E-state index contributed by atoms with van der Waals surface area (Å²) in [7, 11) is 3.35. The maximum Gasteiger partial charge on any atom is 0.324 e. The Morgan fingerprint density at radius 2 is 1.72 bits per heavy atom. The smallest absolute Gasteiger partial charge is 0.324 e. The predicted molar refractivity (Wildman–Crippen MR) is 147 cm³/mol. The van der Waals surface area contributed by atoms with Crippen molar-refractivity contribution in [2.45, 2.75) is 44.2 Å². The Labute approximate surface area is 228 Å². The fourth-order valence-electron chi connectivity index (χ4n) is 5.14. The first-order valence-corrected chi connectivity index (χ1v) is 13.1. The maximum atomic E-state index is 13.5. The zero-order valence-electron chi connectivity index (χ0n) is 22.2. The average molecular weight is 532 g/mol. The molecule has 3 aromatic rings. The Morgan fingerprint density at radius 3 is 2.33 bits per heavy atom. The third-order valence-corrected chi connectivity index (χ3v) is 7.19. The van der Waals surface area contributed by atoms with Gasteiger partial charge >= 0.3 is 6.03 Å². The normalized spacial score (nSPS) is 17.6. The summed E-state index contributed by atoms with van der Waals surface area (Å²) < 4.78 is 13.5. The SMILES string of the molecule is CN(C)C(=O)N(Cc1ccc([C@@H]2CCCC[C@H]2C(=O)N[C@H](C(N)=O)c2cccnc2)cc1)c1ccc(F)cc1. The van der Waals surface area contributed by atoms with Crippen LogP contribution in [0.25, 0.3) is 0 Å². The van der Waals surface area contributed by atoms with E-state index in [0.29, 0.717) is 24.2 Å². The Hall–Kier alpha value is -4.27. The molecular formula is C30H34FN5O3. The minimum atomic E-state index is -0.942. The molecule has 204 valence electrons. The van der Waals surface area contributed by atoms with Crippen LogP contribution in [-0.2, 0) is 16.1 Å². The zero-order chi connectivity index (χ0) is 27.9. The number of primary amides is 1. The first-order chi connectivity index (χ1) is 18.7. The van der Waals surface area contributed by atoms with Crippen molar-refractivity contribution in [3.63, 3.8) is 0 Å². The van der Waals surface area contributed by atoms with Gasteiger partial charge in [0, 0.05) is 43.7 Å². The van der Waals surface area contributed by atoms with E-state index in [9.17, 15) is 18.8 Å². The molecule has 0 unspecified atom stereocenters. The van der Waals surface area contributed by atoms with Gasteiger partial charge in [0.25, 0.3) is 0 Å². The lowest BCUT2D eigenvalue weighted by Gasteiger charge is -2.32. The number of hydrogen-bond donors (Lipinski definition) is 2. The van der Waals surface area contributed by atoms with Crippen LogP contribution in [0.4, 0.5) is 14.9 Å². The first-order valence-electron chi connectivity index (χ1n) is 13.1. The van der Waals surface area contributed by atoms with Gasteiger partial charge < -0.3 is 16.0 Å². The van der Waals surface area contributed by atoms with Gasteiger partial charge in [0.15, 0.2) is 0 Å². The van der Waals surface area contributed by atoms with E-state index in [4.69, 9.17) is 5.73 Å². The number of halogens is 1. The van der Waals surface area contributed by atoms with Crippen molar-refractivity contribution in [3.8, 4) is 0 Å². The van der Waals surface area contributed by atoms with Gasteiger partial charge in [0.2, 0.25) is 11.8 Å². The topological polar surface area (TPSA) is 109 Å². The van der Waals surface area contributed by atoms with E-state index < -0.39 is 11.9 Å². The lowest BCUT2D eigenvalue weighted by atomic mass is 9.74. The van der Waals surface area contributed by atoms with Crippen molar-refractivity contribution in [1.82, 2.24) is 15.2 Å². The molecule has 0 radical (unpaired) electrons. The van der Waals surface area contributed by atoms with Crippen molar-refractivity contribution < 1.29 is 18.8 Å². The monoisotopic (exact) mass is 531 g/mol. The number of aromatic nitrogens is 1. The highest BCUT2D eigenvalue weighted by molar-refractivity contribution is 5.91. The maximum absolute atomic E-state index is 13.5. The third-order valence-electron chi connectivity index (χ3n) is 7.19. The second-order valence-corrected chi connectivity index (χ2v) is 10.1. The molecule has 1 aromatic heterocycles. The summed E-state index contributed by atoms with van der Waals surface area (Å²) in [6.45, 7) is 0.308. The highest BCUT2D eigenvalue weighted by Crippen LogP contribution is 2.38. The number of nitrogens with zero attached hydrogens (tertiary/aromatic N) is 3. The summed E-state index contributed by atoms with van der Waals surface area (Å²) >= 11 is 0. The molecule has 3 N–H and O–H groups in total. The van der Waals surface area contributed by atoms with Crippen LogP contribution in [-0.4, -0.2) is 41.8 Å². The number of urea groups is 1. The molecule has 4 amide bonds. The fourth-order valence-corrected chi connectivity index (χ4v) is 5.14. The van der Waals surface area contributed by atoms with E-state index in [2.05, 4.69) is 10.3 Å². The molecule has 3 atom stereocenters. The standard InChI is InChI=1S/C30H34FN5O3/c1-35(2)30(39)36(24-15-13-23(31)14-16-24)19-20-9-11-21(12-10-20)25-7-3-4-8-26(25)29(38)34-27(28(32)37)22-6-5-17-33-18-22/h5-6,9-18,25-27H,3-4,7-8,19H2,1-2H3,(H2,32,37)(H,34,38)/t25-,26+,27-/m0/s1. The Kier molecular flexibility index (Phi) is 8.91. The van der Waals surface area contributed by atoms with Gasteiger partial charge in [-0.1, -0.05) is 43.2 Å². The van der Waals surface area contributed by atoms with Crippen molar-refractivity contribution in [2.75, 3.05) is 19.0 Å². The van der Waals surface area contributed by atoms with Gasteiger partial charge in [-0.2, -0.15) is 0 Å². The summed E-state index contributed by atoms with van der Waals surface area (Å²) in [5.74, 6) is -1.50. The number of nitrogens with one attached hydrogen (secondary N) is 1. The quantitative estimate of drug-likeness (QED) is 0.445. The summed E-state index contributed by atoms with van der Waals surface area (Å²) in [5.41, 5.74) is 8.69. The Balaban J connectivity index is 1.51. The van der Waals surface area contributed by atoms with Crippen molar-refractivity contribution >= 4 is 23.5 Å². The second-order valence-electron chi connectivity index (χ2n) is 10.1. The number of rotatable bonds is 8. The molecule has 1 aliphatic carbocycles. The van der Waals surface area contributed by atoms with E-state index in [0.717, 1.165) is 30.4 Å². The van der Waals surface area contributed by atoms with Gasteiger partial charge in [-0.05, 0) is 60.2 Å². The molecule has 0 spiro atoms. The molecule has 2 aromatic carbocycles. The molecule has 9 heteroatoms. The van der Waals surface area contributed by atoms with Gasteiger partial charge in [-0.25, -0.2) is 9.18 Å². The highest BCUT2D eigenvalue weighted by atomic mass is 19.1. The lowest BCUT2D eigenvalue weighted by Crippen LogP contribution is -2.42. The summed E-state index contributed by atoms with van der Waals surface area (Å²) in [6, 6.07) is 16.0. The molecule has 0 saturated heterocycles. The van der Waals surface area contributed by atoms with Crippen LogP contribution in [0.15, 0.2) is 73.1 Å². The Bertz CT molecular complexity index is 1280. The minimum absolute atomic E-state index is 0.00756. The van der Waals surface area contributed by atoms with Crippen LogP contribution in [0.1, 0.15) is 54.3 Å². The molecule has 1 saturated carbocycles. The number of amides is 4. The number of hydrogen-bond acceptors (Lipinski definition) is 4. The number of carbonyl (C=O) groups excluding carboxylic acids is 3. The molecule has 39 heavy (non-hydrogen) atoms. The summed E-state index contributed by atoms with van der Waals surface area (Å²) in [5, 5.41) is 2.86. The van der Waals surface area contributed by atoms with Gasteiger partial charge in [0.1, 0.15) is 11.9 Å². The number of benzene rings is 2. The second kappa shape index (κ2) is 12.5. The van der Waals surface area contributed by atoms with E-state index in [1.165, 1.54) is 23.2 Å². The lowest BCUT2D eigenvalue weighted by molar-refractivity contribution is -0.131. The predicted octanol–water partition coefficient (Wildman–Crippen LogP) is 4.53. The van der Waals surface area contributed by atoms with Crippen LogP contribution in [0.3, 0.4) is 0 Å². The fraction of sp³-hybridized carbons (Fsp3) is 0.333. The molecule has 4 rings (SSSR count). The molecule has 8 nitrogen and oxygen atoms in total. The van der Waals surface area contributed by atoms with Crippen molar-refractivity contribution in [1.29, 1.82) is 0 Å². The van der Waals surface area contributed by atoms with E-state index in [1.807, 2.05) is 24.3 Å². The van der Waals surface area contributed by atoms with Gasteiger partial charge in [-0.3, -0.25) is 19.5 Å². The van der Waals surface area contributed by atoms with Crippen LogP contribution in [0, 0.1) is 11.7 Å². The molecule has 1 fully saturated rings. The van der Waals surface area contributed by atoms with E-state index >= 15 is 0 Å². The minimum Gasteiger partial charge on any atom is -0.368 e. The number of carbonyl (C=O) groups is 3. The van der Waals surface area contributed by atoms with Crippen LogP contribution in [0.5, 0.6) is 0 Å². The van der Waals surface area contributed by atoms with E-state index in [1.54, 1.807) is 49.5 Å². The largest absolute Gasteiger partial charge is 0.368 e. The van der Waals surface area contributed by atoms with Crippen molar-refractivity contribution in [3.05, 3.63) is 95.6 Å². The number of pyridine rings is 1. The van der Waals surface area contributed by atoms with Gasteiger partial charge in [-0.15, -0.1) is 0 Å².